The molecule has 94 valence electrons. The summed E-state index contributed by atoms with van der Waals surface area (Å²) in [6, 6.07) is 8.64. The Balaban J connectivity index is 2.21. The molecule has 0 bridgehead atoms. The van der Waals surface area contributed by atoms with Crippen molar-refractivity contribution >= 4 is 5.69 Å². The van der Waals surface area contributed by atoms with Gasteiger partial charge in [-0.15, -0.1) is 0 Å². The molecule has 2 atom stereocenters. The van der Waals surface area contributed by atoms with Crippen LogP contribution in [0.4, 0.5) is 5.69 Å². The number of benzene rings is 1. The lowest BCUT2D eigenvalue weighted by atomic mass is 9.85. The highest BCUT2D eigenvalue weighted by Crippen LogP contribution is 2.31. The SMILES string of the molecule is CC(C)(C)c1ccccc1N[C@H]1CCC[C@@H]1O. The van der Waals surface area contributed by atoms with Crippen molar-refractivity contribution in [1.82, 2.24) is 0 Å². The number of hydrogen-bond donors (Lipinski definition) is 2. The molecule has 2 nitrogen and oxygen atoms in total. The Bertz CT molecular complexity index is 381. The Kier molecular flexibility index (Phi) is 3.43. The van der Waals surface area contributed by atoms with Crippen molar-refractivity contribution in [2.24, 2.45) is 0 Å². The van der Waals surface area contributed by atoms with E-state index in [1.807, 2.05) is 0 Å². The summed E-state index contributed by atoms with van der Waals surface area (Å²) in [4.78, 5) is 0. The highest BCUT2D eigenvalue weighted by Gasteiger charge is 2.26. The van der Waals surface area contributed by atoms with Crippen molar-refractivity contribution in [2.75, 3.05) is 5.32 Å². The van der Waals surface area contributed by atoms with Crippen LogP contribution in [0.2, 0.25) is 0 Å². The van der Waals surface area contributed by atoms with Crippen molar-refractivity contribution in [3.8, 4) is 0 Å². The molecule has 0 spiro atoms. The molecular formula is C15H23NO. The summed E-state index contributed by atoms with van der Waals surface area (Å²) in [5.41, 5.74) is 2.62. The molecule has 1 aromatic rings. The van der Waals surface area contributed by atoms with Gasteiger partial charge in [0.25, 0.3) is 0 Å². The topological polar surface area (TPSA) is 32.3 Å². The van der Waals surface area contributed by atoms with Gasteiger partial charge in [-0.3, -0.25) is 0 Å². The van der Waals surface area contributed by atoms with Crippen LogP contribution < -0.4 is 5.32 Å². The summed E-state index contributed by atoms with van der Waals surface area (Å²) < 4.78 is 0. The van der Waals surface area contributed by atoms with Gasteiger partial charge in [-0.2, -0.15) is 0 Å². The summed E-state index contributed by atoms with van der Waals surface area (Å²) in [5, 5.41) is 13.4. The number of para-hydroxylation sites is 1. The van der Waals surface area contributed by atoms with E-state index in [1.54, 1.807) is 0 Å². The lowest BCUT2D eigenvalue weighted by Gasteiger charge is -2.26. The minimum absolute atomic E-state index is 0.132. The van der Waals surface area contributed by atoms with E-state index in [0.717, 1.165) is 19.3 Å². The first-order chi connectivity index (χ1) is 7.98. The molecule has 1 aromatic carbocycles. The summed E-state index contributed by atoms with van der Waals surface area (Å²) in [7, 11) is 0. The van der Waals surface area contributed by atoms with Crippen LogP contribution in [-0.4, -0.2) is 17.3 Å². The van der Waals surface area contributed by atoms with Gasteiger partial charge in [0.2, 0.25) is 0 Å². The standard InChI is InChI=1S/C15H23NO/c1-15(2,3)11-7-4-5-8-12(11)16-13-9-6-10-14(13)17/h4-5,7-8,13-14,16-17H,6,9-10H2,1-3H3/t13-,14-/m0/s1. The monoisotopic (exact) mass is 233 g/mol. The van der Waals surface area contributed by atoms with Crippen LogP contribution in [0.3, 0.4) is 0 Å². The third kappa shape index (κ3) is 2.81. The zero-order valence-corrected chi connectivity index (χ0v) is 11.0. The minimum atomic E-state index is -0.192. The Morgan fingerprint density at radius 3 is 2.47 bits per heavy atom. The molecule has 0 amide bonds. The maximum atomic E-state index is 9.88. The Labute approximate surface area is 104 Å². The molecular weight excluding hydrogens is 210 g/mol. The average Bonchev–Trinajstić information content (AvgIpc) is 2.64. The van der Waals surface area contributed by atoms with Crippen molar-refractivity contribution in [3.63, 3.8) is 0 Å². The van der Waals surface area contributed by atoms with Crippen molar-refractivity contribution < 1.29 is 5.11 Å². The van der Waals surface area contributed by atoms with E-state index in [-0.39, 0.29) is 17.6 Å². The predicted octanol–water partition coefficient (Wildman–Crippen LogP) is 3.31. The number of anilines is 1. The fraction of sp³-hybridized carbons (Fsp3) is 0.600. The van der Waals surface area contributed by atoms with Gasteiger partial charge in [0, 0.05) is 5.69 Å². The molecule has 17 heavy (non-hydrogen) atoms. The number of nitrogens with one attached hydrogen (secondary N) is 1. The van der Waals surface area contributed by atoms with Crippen LogP contribution in [0.15, 0.2) is 24.3 Å². The fourth-order valence-electron chi connectivity index (χ4n) is 2.57. The van der Waals surface area contributed by atoms with Crippen LogP contribution >= 0.6 is 0 Å². The summed E-state index contributed by atoms with van der Waals surface area (Å²) in [6.07, 6.45) is 2.92. The van der Waals surface area contributed by atoms with E-state index in [4.69, 9.17) is 0 Å². The summed E-state index contributed by atoms with van der Waals surface area (Å²) in [5.74, 6) is 0. The lowest BCUT2D eigenvalue weighted by Crippen LogP contribution is -2.29. The van der Waals surface area contributed by atoms with E-state index in [1.165, 1.54) is 11.3 Å². The zero-order chi connectivity index (χ0) is 12.5. The second-order valence-electron chi connectivity index (χ2n) is 6.04. The molecule has 0 saturated heterocycles. The maximum Gasteiger partial charge on any atom is 0.0741 e. The first kappa shape index (κ1) is 12.4. The van der Waals surface area contributed by atoms with Gasteiger partial charge in [-0.1, -0.05) is 39.0 Å². The fourth-order valence-corrected chi connectivity index (χ4v) is 2.57. The first-order valence-corrected chi connectivity index (χ1v) is 6.52. The molecule has 0 aromatic heterocycles. The van der Waals surface area contributed by atoms with Gasteiger partial charge in [0.15, 0.2) is 0 Å². The second-order valence-corrected chi connectivity index (χ2v) is 6.04. The van der Waals surface area contributed by atoms with E-state index >= 15 is 0 Å². The van der Waals surface area contributed by atoms with Crippen LogP contribution in [0, 0.1) is 0 Å². The quantitative estimate of drug-likeness (QED) is 0.821. The largest absolute Gasteiger partial charge is 0.391 e. The highest BCUT2D eigenvalue weighted by molar-refractivity contribution is 5.55. The lowest BCUT2D eigenvalue weighted by molar-refractivity contribution is 0.172. The molecule has 0 unspecified atom stereocenters. The van der Waals surface area contributed by atoms with E-state index in [9.17, 15) is 5.11 Å². The van der Waals surface area contributed by atoms with Gasteiger partial charge in [-0.25, -0.2) is 0 Å². The Morgan fingerprint density at radius 1 is 1.18 bits per heavy atom. The molecule has 0 heterocycles. The average molecular weight is 233 g/mol. The molecule has 1 aliphatic carbocycles. The maximum absolute atomic E-state index is 9.88. The van der Waals surface area contributed by atoms with Crippen LogP contribution in [0.25, 0.3) is 0 Å². The number of hydrogen-bond acceptors (Lipinski definition) is 2. The van der Waals surface area contributed by atoms with E-state index in [2.05, 4.69) is 50.4 Å². The normalized spacial score (nSPS) is 24.9. The molecule has 1 fully saturated rings. The molecule has 2 N–H and O–H groups in total. The van der Waals surface area contributed by atoms with Crippen molar-refractivity contribution in [2.45, 2.75) is 57.6 Å². The second kappa shape index (κ2) is 4.69. The third-order valence-electron chi connectivity index (χ3n) is 3.56. The van der Waals surface area contributed by atoms with E-state index < -0.39 is 0 Å². The zero-order valence-electron chi connectivity index (χ0n) is 11.0. The van der Waals surface area contributed by atoms with Crippen molar-refractivity contribution in [1.29, 1.82) is 0 Å². The van der Waals surface area contributed by atoms with Crippen LogP contribution in [0.5, 0.6) is 0 Å². The minimum Gasteiger partial charge on any atom is -0.391 e. The Hall–Kier alpha value is -1.02. The third-order valence-corrected chi connectivity index (χ3v) is 3.56. The van der Waals surface area contributed by atoms with Gasteiger partial charge < -0.3 is 10.4 Å². The van der Waals surface area contributed by atoms with Gasteiger partial charge in [0.05, 0.1) is 12.1 Å². The molecule has 0 aliphatic heterocycles. The van der Waals surface area contributed by atoms with Crippen LogP contribution in [0.1, 0.15) is 45.6 Å². The van der Waals surface area contributed by atoms with Crippen molar-refractivity contribution in [3.05, 3.63) is 29.8 Å². The summed E-state index contributed by atoms with van der Waals surface area (Å²) >= 11 is 0. The van der Waals surface area contributed by atoms with E-state index in [0.29, 0.717) is 0 Å². The van der Waals surface area contributed by atoms with Crippen LogP contribution in [-0.2, 0) is 5.41 Å². The number of aliphatic hydroxyl groups is 1. The first-order valence-electron chi connectivity index (χ1n) is 6.52. The Morgan fingerprint density at radius 2 is 1.88 bits per heavy atom. The number of rotatable bonds is 2. The molecule has 1 saturated carbocycles. The molecule has 2 heteroatoms. The highest BCUT2D eigenvalue weighted by atomic mass is 16.3. The molecule has 1 aliphatic rings. The van der Waals surface area contributed by atoms with Gasteiger partial charge in [0.1, 0.15) is 0 Å². The smallest absolute Gasteiger partial charge is 0.0741 e. The summed E-state index contributed by atoms with van der Waals surface area (Å²) in [6.45, 7) is 6.66. The number of aliphatic hydroxyl groups excluding tert-OH is 1. The molecule has 2 rings (SSSR count). The predicted molar refractivity (Wildman–Crippen MR) is 72.4 cm³/mol. The van der Waals surface area contributed by atoms with Gasteiger partial charge >= 0.3 is 0 Å². The molecule has 0 radical (unpaired) electrons. The van der Waals surface area contributed by atoms with Gasteiger partial charge in [-0.05, 0) is 36.3 Å².